The molecule has 3 unspecified atom stereocenters. The van der Waals surface area contributed by atoms with Gasteiger partial charge in [0.2, 0.25) is 0 Å². The van der Waals surface area contributed by atoms with Crippen LogP contribution >= 0.6 is 0 Å². The largest absolute Gasteiger partial charge is 0.381 e. The fourth-order valence-electron chi connectivity index (χ4n) is 3.43. The van der Waals surface area contributed by atoms with Crippen molar-refractivity contribution in [1.29, 1.82) is 0 Å². The Kier molecular flexibility index (Phi) is 4.62. The first-order valence-electron chi connectivity index (χ1n) is 6.78. The molecule has 0 aromatic rings. The van der Waals surface area contributed by atoms with Crippen LogP contribution in [-0.4, -0.2) is 50.3 Å². The van der Waals surface area contributed by atoms with Gasteiger partial charge in [0.05, 0.1) is 6.10 Å². The highest BCUT2D eigenvalue weighted by Gasteiger charge is 2.33. The van der Waals surface area contributed by atoms with Gasteiger partial charge in [-0.3, -0.25) is 4.90 Å². The third kappa shape index (κ3) is 2.76. The summed E-state index contributed by atoms with van der Waals surface area (Å²) in [5, 5.41) is 3.33. The number of likely N-dealkylation sites (tertiary alicyclic amines) is 1. The van der Waals surface area contributed by atoms with Gasteiger partial charge in [0.1, 0.15) is 0 Å². The summed E-state index contributed by atoms with van der Waals surface area (Å²) < 4.78 is 5.53. The molecular weight excluding hydrogens is 200 g/mol. The third-order valence-corrected chi connectivity index (χ3v) is 4.26. The number of rotatable bonds is 4. The number of nitrogens with zero attached hydrogens (tertiary/aromatic N) is 1. The van der Waals surface area contributed by atoms with E-state index in [1.807, 2.05) is 7.11 Å². The van der Waals surface area contributed by atoms with E-state index in [2.05, 4.69) is 17.3 Å². The Balaban J connectivity index is 1.89. The van der Waals surface area contributed by atoms with Crippen molar-refractivity contribution in [2.45, 2.75) is 56.7 Å². The monoisotopic (exact) mass is 226 g/mol. The molecule has 3 heteroatoms. The first kappa shape index (κ1) is 12.3. The highest BCUT2D eigenvalue weighted by atomic mass is 16.5. The van der Waals surface area contributed by atoms with Crippen molar-refractivity contribution in [2.24, 2.45) is 0 Å². The maximum Gasteiger partial charge on any atom is 0.0586 e. The van der Waals surface area contributed by atoms with Crippen molar-refractivity contribution in [3.63, 3.8) is 0 Å². The van der Waals surface area contributed by atoms with Crippen LogP contribution in [-0.2, 0) is 4.74 Å². The number of hydrogen-bond acceptors (Lipinski definition) is 3. The molecule has 3 nitrogen and oxygen atoms in total. The van der Waals surface area contributed by atoms with Gasteiger partial charge in [0.15, 0.2) is 0 Å². The van der Waals surface area contributed by atoms with Gasteiger partial charge < -0.3 is 10.1 Å². The highest BCUT2D eigenvalue weighted by molar-refractivity contribution is 4.89. The van der Waals surface area contributed by atoms with Gasteiger partial charge in [-0.25, -0.2) is 0 Å². The Morgan fingerprint density at radius 3 is 2.88 bits per heavy atom. The summed E-state index contributed by atoms with van der Waals surface area (Å²) in [5.41, 5.74) is 0. The molecule has 1 N–H and O–H groups in total. The fraction of sp³-hybridized carbons (Fsp3) is 1.00. The zero-order valence-electron chi connectivity index (χ0n) is 10.7. The standard InChI is InChI=1S/C13H26N2O/c1-14-10-12-6-4-8-15(12)11-5-3-7-13(9-11)16-2/h11-14H,3-10H2,1-2H3. The van der Waals surface area contributed by atoms with Gasteiger partial charge in [0, 0.05) is 25.7 Å². The molecular formula is C13H26N2O. The molecule has 1 aliphatic heterocycles. The number of ether oxygens (including phenoxy) is 1. The van der Waals surface area contributed by atoms with E-state index in [1.54, 1.807) is 0 Å². The molecule has 1 heterocycles. The lowest BCUT2D eigenvalue weighted by molar-refractivity contribution is 0.0244. The Morgan fingerprint density at radius 2 is 2.12 bits per heavy atom. The predicted octanol–water partition coefficient (Wildman–Crippen LogP) is 1.63. The van der Waals surface area contributed by atoms with Gasteiger partial charge in [0.25, 0.3) is 0 Å². The summed E-state index contributed by atoms with van der Waals surface area (Å²) in [4.78, 5) is 2.74. The van der Waals surface area contributed by atoms with E-state index >= 15 is 0 Å². The number of nitrogens with one attached hydrogen (secondary N) is 1. The maximum atomic E-state index is 5.53. The predicted molar refractivity (Wildman–Crippen MR) is 66.7 cm³/mol. The summed E-state index contributed by atoms with van der Waals surface area (Å²) in [6.07, 6.45) is 8.48. The van der Waals surface area contributed by atoms with Crippen LogP contribution in [0.2, 0.25) is 0 Å². The first-order chi connectivity index (χ1) is 7.85. The number of likely N-dealkylation sites (N-methyl/N-ethyl adjacent to an activating group) is 1. The van der Waals surface area contributed by atoms with E-state index in [0.29, 0.717) is 6.10 Å². The molecule has 2 aliphatic rings. The highest BCUT2D eigenvalue weighted by Crippen LogP contribution is 2.30. The van der Waals surface area contributed by atoms with Crippen molar-refractivity contribution in [3.05, 3.63) is 0 Å². The van der Waals surface area contributed by atoms with E-state index in [9.17, 15) is 0 Å². The molecule has 0 aromatic heterocycles. The summed E-state index contributed by atoms with van der Waals surface area (Å²) in [6, 6.07) is 1.55. The molecule has 0 amide bonds. The van der Waals surface area contributed by atoms with E-state index in [-0.39, 0.29) is 0 Å². The third-order valence-electron chi connectivity index (χ3n) is 4.26. The maximum absolute atomic E-state index is 5.53. The quantitative estimate of drug-likeness (QED) is 0.788. The van der Waals surface area contributed by atoms with E-state index in [1.165, 1.54) is 45.1 Å². The van der Waals surface area contributed by atoms with Crippen LogP contribution in [0, 0.1) is 0 Å². The van der Waals surface area contributed by atoms with E-state index in [0.717, 1.165) is 18.6 Å². The van der Waals surface area contributed by atoms with Crippen LogP contribution in [0.15, 0.2) is 0 Å². The van der Waals surface area contributed by atoms with Gasteiger partial charge in [-0.1, -0.05) is 0 Å². The molecule has 1 saturated heterocycles. The number of hydrogen-bond donors (Lipinski definition) is 1. The Hall–Kier alpha value is -0.120. The number of methoxy groups -OCH3 is 1. The van der Waals surface area contributed by atoms with Gasteiger partial charge in [-0.15, -0.1) is 0 Å². The van der Waals surface area contributed by atoms with Crippen LogP contribution in [0.1, 0.15) is 38.5 Å². The van der Waals surface area contributed by atoms with Crippen molar-refractivity contribution >= 4 is 0 Å². The Labute approximate surface area is 99.5 Å². The minimum atomic E-state index is 0.509. The van der Waals surface area contributed by atoms with E-state index < -0.39 is 0 Å². The summed E-state index contributed by atoms with van der Waals surface area (Å²) in [7, 11) is 3.93. The topological polar surface area (TPSA) is 24.5 Å². The molecule has 3 atom stereocenters. The summed E-state index contributed by atoms with van der Waals surface area (Å²) in [5.74, 6) is 0. The molecule has 0 radical (unpaired) electrons. The van der Waals surface area contributed by atoms with Crippen molar-refractivity contribution in [3.8, 4) is 0 Å². The average Bonchev–Trinajstić information content (AvgIpc) is 2.78. The lowest BCUT2D eigenvalue weighted by Crippen LogP contribution is -2.46. The normalized spacial score (nSPS) is 36.8. The average molecular weight is 226 g/mol. The second-order valence-corrected chi connectivity index (χ2v) is 5.27. The lowest BCUT2D eigenvalue weighted by Gasteiger charge is -2.38. The molecule has 94 valence electrons. The lowest BCUT2D eigenvalue weighted by atomic mass is 9.91. The molecule has 1 saturated carbocycles. The van der Waals surface area contributed by atoms with Crippen LogP contribution < -0.4 is 5.32 Å². The van der Waals surface area contributed by atoms with Crippen LogP contribution in [0.5, 0.6) is 0 Å². The molecule has 0 spiro atoms. The molecule has 16 heavy (non-hydrogen) atoms. The Bertz CT molecular complexity index is 210. The van der Waals surface area contributed by atoms with Gasteiger partial charge in [-0.2, -0.15) is 0 Å². The van der Waals surface area contributed by atoms with Crippen LogP contribution in [0.25, 0.3) is 0 Å². The van der Waals surface area contributed by atoms with Crippen LogP contribution in [0.4, 0.5) is 0 Å². The molecule has 2 rings (SSSR count). The second kappa shape index (κ2) is 5.99. The molecule has 0 bridgehead atoms. The zero-order valence-corrected chi connectivity index (χ0v) is 10.7. The van der Waals surface area contributed by atoms with Crippen LogP contribution in [0.3, 0.4) is 0 Å². The minimum Gasteiger partial charge on any atom is -0.381 e. The zero-order chi connectivity index (χ0) is 11.4. The van der Waals surface area contributed by atoms with Crippen molar-refractivity contribution < 1.29 is 4.74 Å². The minimum absolute atomic E-state index is 0.509. The molecule has 2 fully saturated rings. The van der Waals surface area contributed by atoms with Gasteiger partial charge >= 0.3 is 0 Å². The smallest absolute Gasteiger partial charge is 0.0586 e. The van der Waals surface area contributed by atoms with Gasteiger partial charge in [-0.05, 0) is 52.1 Å². The summed E-state index contributed by atoms with van der Waals surface area (Å²) >= 11 is 0. The molecule has 1 aliphatic carbocycles. The Morgan fingerprint density at radius 1 is 1.25 bits per heavy atom. The summed E-state index contributed by atoms with van der Waals surface area (Å²) in [6.45, 7) is 2.45. The molecule has 0 aromatic carbocycles. The van der Waals surface area contributed by atoms with E-state index in [4.69, 9.17) is 4.74 Å². The van der Waals surface area contributed by atoms with Crippen molar-refractivity contribution in [2.75, 3.05) is 27.2 Å². The first-order valence-corrected chi connectivity index (χ1v) is 6.78. The van der Waals surface area contributed by atoms with Crippen molar-refractivity contribution in [1.82, 2.24) is 10.2 Å². The SMILES string of the molecule is CNCC1CCCN1C1CCCC(OC)C1. The fourth-order valence-corrected chi connectivity index (χ4v) is 3.43. The second-order valence-electron chi connectivity index (χ2n) is 5.27.